The number of anilines is 2. The zero-order valence-corrected chi connectivity index (χ0v) is 12.5. The van der Waals surface area contributed by atoms with Gasteiger partial charge in [0.15, 0.2) is 5.82 Å². The highest BCUT2D eigenvalue weighted by Gasteiger charge is 2.16. The van der Waals surface area contributed by atoms with Gasteiger partial charge in [-0.15, -0.1) is 0 Å². The second-order valence-electron chi connectivity index (χ2n) is 5.52. The first kappa shape index (κ1) is 14.5. The molecule has 1 amide bonds. The molecule has 7 heteroatoms. The van der Waals surface area contributed by atoms with Crippen LogP contribution in [0.2, 0.25) is 0 Å². The van der Waals surface area contributed by atoms with Crippen molar-refractivity contribution in [1.29, 1.82) is 0 Å². The van der Waals surface area contributed by atoms with E-state index < -0.39 is 0 Å². The summed E-state index contributed by atoms with van der Waals surface area (Å²) in [5.41, 5.74) is 0.300. The Bertz CT molecular complexity index is 649. The Labute approximate surface area is 128 Å². The number of amides is 1. The summed E-state index contributed by atoms with van der Waals surface area (Å²) in [5, 5.41) is 9.69. The highest BCUT2D eigenvalue weighted by atomic mass is 16.5. The molecule has 0 aliphatic heterocycles. The molecule has 0 aromatic carbocycles. The van der Waals surface area contributed by atoms with Crippen molar-refractivity contribution in [3.05, 3.63) is 29.8 Å². The molecule has 1 aliphatic rings. The van der Waals surface area contributed by atoms with Crippen molar-refractivity contribution in [3.8, 4) is 0 Å². The third kappa shape index (κ3) is 3.60. The zero-order valence-electron chi connectivity index (χ0n) is 12.5. The summed E-state index contributed by atoms with van der Waals surface area (Å²) in [5.74, 6) is 1.18. The fourth-order valence-corrected chi connectivity index (χ4v) is 2.59. The number of nitrogens with zero attached hydrogens (tertiary/aromatic N) is 3. The molecule has 0 saturated heterocycles. The average molecular weight is 301 g/mol. The molecule has 0 spiro atoms. The maximum absolute atomic E-state index is 12.2. The van der Waals surface area contributed by atoms with Crippen LogP contribution in [0.4, 0.5) is 11.8 Å². The van der Waals surface area contributed by atoms with Crippen LogP contribution in [-0.2, 0) is 0 Å². The third-order valence-electron chi connectivity index (χ3n) is 3.70. The summed E-state index contributed by atoms with van der Waals surface area (Å²) in [6, 6.07) is 3.62. The van der Waals surface area contributed by atoms with Crippen molar-refractivity contribution < 1.29 is 9.32 Å². The molecule has 2 aromatic rings. The van der Waals surface area contributed by atoms with Crippen molar-refractivity contribution in [3.63, 3.8) is 0 Å². The molecule has 116 valence electrons. The number of carbonyl (C=O) groups is 1. The van der Waals surface area contributed by atoms with Gasteiger partial charge in [-0.3, -0.25) is 4.79 Å². The smallest absolute Gasteiger partial charge is 0.275 e. The van der Waals surface area contributed by atoms with Gasteiger partial charge in [0.25, 0.3) is 5.91 Å². The molecule has 1 fully saturated rings. The van der Waals surface area contributed by atoms with Crippen molar-refractivity contribution in [2.24, 2.45) is 0 Å². The highest BCUT2D eigenvalue weighted by molar-refractivity contribution is 6.02. The molecule has 1 saturated carbocycles. The Balaban J connectivity index is 1.66. The SMILES string of the molecule is Cc1cc(NC(=O)c2ccnc(NC3CCCCC3)n2)no1. The first-order chi connectivity index (χ1) is 10.7. The minimum Gasteiger partial charge on any atom is -0.360 e. The van der Waals surface area contributed by atoms with E-state index in [2.05, 4.69) is 25.8 Å². The van der Waals surface area contributed by atoms with E-state index in [-0.39, 0.29) is 5.91 Å². The number of rotatable bonds is 4. The predicted molar refractivity (Wildman–Crippen MR) is 81.7 cm³/mol. The summed E-state index contributed by atoms with van der Waals surface area (Å²) in [6.45, 7) is 1.76. The van der Waals surface area contributed by atoms with E-state index >= 15 is 0 Å². The van der Waals surface area contributed by atoms with Crippen LogP contribution in [0, 0.1) is 6.92 Å². The molecule has 0 bridgehead atoms. The van der Waals surface area contributed by atoms with Gasteiger partial charge in [0.2, 0.25) is 5.95 Å². The number of hydrogen-bond donors (Lipinski definition) is 2. The van der Waals surface area contributed by atoms with Crippen molar-refractivity contribution >= 4 is 17.7 Å². The van der Waals surface area contributed by atoms with Gasteiger partial charge in [-0.25, -0.2) is 9.97 Å². The molecule has 2 aromatic heterocycles. The Morgan fingerprint density at radius 1 is 1.32 bits per heavy atom. The number of carbonyl (C=O) groups excluding carboxylic acids is 1. The van der Waals surface area contributed by atoms with Crippen LogP contribution in [0.15, 0.2) is 22.9 Å². The van der Waals surface area contributed by atoms with Gasteiger partial charge in [0.1, 0.15) is 11.5 Å². The Kier molecular flexibility index (Phi) is 4.32. The van der Waals surface area contributed by atoms with Crippen molar-refractivity contribution in [1.82, 2.24) is 15.1 Å². The van der Waals surface area contributed by atoms with E-state index in [1.165, 1.54) is 19.3 Å². The summed E-state index contributed by atoms with van der Waals surface area (Å²) in [7, 11) is 0. The summed E-state index contributed by atoms with van der Waals surface area (Å²) in [4.78, 5) is 20.6. The predicted octanol–water partition coefficient (Wildman–Crippen LogP) is 2.77. The standard InChI is InChI=1S/C15H19N5O2/c1-10-9-13(20-22-10)19-14(21)12-7-8-16-15(18-12)17-11-5-3-2-4-6-11/h7-9,11H,2-6H2,1H3,(H,16,17,18)(H,19,20,21). The molecular weight excluding hydrogens is 282 g/mol. The molecule has 2 heterocycles. The van der Waals surface area contributed by atoms with Crippen LogP contribution < -0.4 is 10.6 Å². The van der Waals surface area contributed by atoms with E-state index in [9.17, 15) is 4.79 Å². The molecule has 0 unspecified atom stereocenters. The van der Waals surface area contributed by atoms with Gasteiger partial charge < -0.3 is 15.2 Å². The first-order valence-electron chi connectivity index (χ1n) is 7.55. The summed E-state index contributed by atoms with van der Waals surface area (Å²) in [6.07, 6.45) is 7.57. The van der Waals surface area contributed by atoms with Crippen LogP contribution in [0.1, 0.15) is 48.4 Å². The Morgan fingerprint density at radius 2 is 2.14 bits per heavy atom. The molecule has 1 aliphatic carbocycles. The lowest BCUT2D eigenvalue weighted by Crippen LogP contribution is -2.24. The van der Waals surface area contributed by atoms with Gasteiger partial charge in [0.05, 0.1) is 0 Å². The van der Waals surface area contributed by atoms with Crippen LogP contribution in [0.3, 0.4) is 0 Å². The minimum atomic E-state index is -0.331. The van der Waals surface area contributed by atoms with E-state index in [0.717, 1.165) is 12.8 Å². The molecule has 7 nitrogen and oxygen atoms in total. The van der Waals surface area contributed by atoms with Gasteiger partial charge in [-0.2, -0.15) is 0 Å². The topological polar surface area (TPSA) is 92.9 Å². The molecule has 0 atom stereocenters. The fourth-order valence-electron chi connectivity index (χ4n) is 2.59. The lowest BCUT2D eigenvalue weighted by Gasteiger charge is -2.22. The quantitative estimate of drug-likeness (QED) is 0.902. The monoisotopic (exact) mass is 301 g/mol. The normalized spacial score (nSPS) is 15.5. The van der Waals surface area contributed by atoms with E-state index in [4.69, 9.17) is 4.52 Å². The third-order valence-corrected chi connectivity index (χ3v) is 3.70. The maximum atomic E-state index is 12.2. The van der Waals surface area contributed by atoms with Crippen LogP contribution >= 0.6 is 0 Å². The van der Waals surface area contributed by atoms with Gasteiger partial charge >= 0.3 is 0 Å². The second kappa shape index (κ2) is 6.55. The molecule has 0 radical (unpaired) electrons. The fraction of sp³-hybridized carbons (Fsp3) is 0.467. The molecular formula is C15H19N5O2. The number of nitrogens with one attached hydrogen (secondary N) is 2. The van der Waals surface area contributed by atoms with Crippen molar-refractivity contribution in [2.75, 3.05) is 10.6 Å². The van der Waals surface area contributed by atoms with Gasteiger partial charge in [-0.1, -0.05) is 24.4 Å². The van der Waals surface area contributed by atoms with Crippen LogP contribution in [0.5, 0.6) is 0 Å². The Hall–Kier alpha value is -2.44. The van der Waals surface area contributed by atoms with Gasteiger partial charge in [0, 0.05) is 18.3 Å². The maximum Gasteiger partial charge on any atom is 0.275 e. The number of aryl methyl sites for hydroxylation is 1. The average Bonchev–Trinajstić information content (AvgIpc) is 2.93. The van der Waals surface area contributed by atoms with Gasteiger partial charge in [-0.05, 0) is 25.8 Å². The lowest BCUT2D eigenvalue weighted by molar-refractivity contribution is 0.102. The first-order valence-corrected chi connectivity index (χ1v) is 7.55. The summed E-state index contributed by atoms with van der Waals surface area (Å²) >= 11 is 0. The Morgan fingerprint density at radius 3 is 2.86 bits per heavy atom. The lowest BCUT2D eigenvalue weighted by atomic mass is 9.96. The molecule has 2 N–H and O–H groups in total. The highest BCUT2D eigenvalue weighted by Crippen LogP contribution is 2.20. The minimum absolute atomic E-state index is 0.300. The number of aromatic nitrogens is 3. The number of hydrogen-bond acceptors (Lipinski definition) is 6. The van der Waals surface area contributed by atoms with E-state index in [1.54, 1.807) is 25.3 Å². The van der Waals surface area contributed by atoms with Crippen LogP contribution in [0.25, 0.3) is 0 Å². The summed E-state index contributed by atoms with van der Waals surface area (Å²) < 4.78 is 4.92. The zero-order chi connectivity index (χ0) is 15.4. The van der Waals surface area contributed by atoms with E-state index in [1.807, 2.05) is 0 Å². The van der Waals surface area contributed by atoms with Crippen LogP contribution in [-0.4, -0.2) is 27.1 Å². The molecule has 3 rings (SSSR count). The van der Waals surface area contributed by atoms with E-state index in [0.29, 0.717) is 29.3 Å². The largest absolute Gasteiger partial charge is 0.360 e. The van der Waals surface area contributed by atoms with Crippen molar-refractivity contribution in [2.45, 2.75) is 45.1 Å². The molecule has 22 heavy (non-hydrogen) atoms. The second-order valence-corrected chi connectivity index (χ2v) is 5.52.